The van der Waals surface area contributed by atoms with E-state index in [1.165, 1.54) is 5.69 Å². The molecule has 2 N–H and O–H groups in total. The van der Waals surface area contributed by atoms with Crippen LogP contribution in [0, 0.1) is 11.3 Å². The molecule has 0 aliphatic heterocycles. The van der Waals surface area contributed by atoms with Crippen molar-refractivity contribution in [1.82, 2.24) is 9.55 Å². The molecule has 4 nitrogen and oxygen atoms in total. The second kappa shape index (κ2) is 5.28. The number of pyridine rings is 1. The molecule has 2 aromatic heterocycles. The van der Waals surface area contributed by atoms with Crippen molar-refractivity contribution >= 4 is 0 Å². The Bertz CT molecular complexity index is 536. The van der Waals surface area contributed by atoms with Gasteiger partial charge >= 0.3 is 0 Å². The molecule has 0 fully saturated rings. The third kappa shape index (κ3) is 2.71. The molecule has 0 radical (unpaired) electrons. The number of aromatic nitrogens is 2. The SMILES string of the molecule is N#Cc1cc(Cn2cccc2CCN)ccn1. The summed E-state index contributed by atoms with van der Waals surface area (Å²) in [5.74, 6) is 0. The standard InChI is InChI=1S/C13H14N4/c14-5-3-13-2-1-7-17(13)10-11-4-6-16-12(8-11)9-15/h1-2,4,6-8H,3,5,10,14H2. The molecule has 0 saturated heterocycles. The van der Waals surface area contributed by atoms with Crippen LogP contribution in [0.4, 0.5) is 0 Å². The molecule has 17 heavy (non-hydrogen) atoms. The van der Waals surface area contributed by atoms with Crippen molar-refractivity contribution in [3.8, 4) is 6.07 Å². The lowest BCUT2D eigenvalue weighted by Crippen LogP contribution is -2.09. The molecule has 0 saturated carbocycles. The molecule has 2 rings (SSSR count). The van der Waals surface area contributed by atoms with Gasteiger partial charge in [-0.05, 0) is 42.8 Å². The molecule has 0 spiro atoms. The molecule has 0 aromatic carbocycles. The number of nitrogens with zero attached hydrogens (tertiary/aromatic N) is 3. The van der Waals surface area contributed by atoms with Gasteiger partial charge in [0.2, 0.25) is 0 Å². The molecule has 4 heteroatoms. The fourth-order valence-corrected chi connectivity index (χ4v) is 1.81. The van der Waals surface area contributed by atoms with Crippen LogP contribution in [0.5, 0.6) is 0 Å². The summed E-state index contributed by atoms with van der Waals surface area (Å²) in [6, 6.07) is 9.86. The summed E-state index contributed by atoms with van der Waals surface area (Å²) in [7, 11) is 0. The Hall–Kier alpha value is -2.12. The maximum atomic E-state index is 8.79. The third-order valence-corrected chi connectivity index (χ3v) is 2.62. The highest BCUT2D eigenvalue weighted by Crippen LogP contribution is 2.08. The topological polar surface area (TPSA) is 67.6 Å². The van der Waals surface area contributed by atoms with Gasteiger partial charge in [0.05, 0.1) is 0 Å². The molecule has 0 unspecified atom stereocenters. The van der Waals surface area contributed by atoms with Gasteiger partial charge in [0.25, 0.3) is 0 Å². The highest BCUT2D eigenvalue weighted by molar-refractivity contribution is 5.26. The van der Waals surface area contributed by atoms with Crippen LogP contribution in [0.25, 0.3) is 0 Å². The second-order valence-corrected chi connectivity index (χ2v) is 3.83. The lowest BCUT2D eigenvalue weighted by molar-refractivity contribution is 0.735. The lowest BCUT2D eigenvalue weighted by Gasteiger charge is -2.08. The van der Waals surface area contributed by atoms with Gasteiger partial charge in [-0.15, -0.1) is 0 Å². The van der Waals surface area contributed by atoms with Gasteiger partial charge in [-0.25, -0.2) is 4.98 Å². The number of hydrogen-bond donors (Lipinski definition) is 1. The minimum atomic E-state index is 0.454. The Morgan fingerprint density at radius 2 is 2.29 bits per heavy atom. The first-order valence-corrected chi connectivity index (χ1v) is 5.52. The van der Waals surface area contributed by atoms with Crippen LogP contribution in [0.1, 0.15) is 17.0 Å². The van der Waals surface area contributed by atoms with E-state index in [4.69, 9.17) is 11.0 Å². The van der Waals surface area contributed by atoms with Crippen LogP contribution >= 0.6 is 0 Å². The average molecular weight is 226 g/mol. The van der Waals surface area contributed by atoms with E-state index in [9.17, 15) is 0 Å². The van der Waals surface area contributed by atoms with Crippen molar-refractivity contribution in [3.05, 3.63) is 53.6 Å². The summed E-state index contributed by atoms with van der Waals surface area (Å²) < 4.78 is 2.14. The van der Waals surface area contributed by atoms with E-state index in [0.29, 0.717) is 12.2 Å². The van der Waals surface area contributed by atoms with Crippen LogP contribution in [0.3, 0.4) is 0 Å². The van der Waals surface area contributed by atoms with Gasteiger partial charge in [-0.2, -0.15) is 5.26 Å². The third-order valence-electron chi connectivity index (χ3n) is 2.62. The first kappa shape index (κ1) is 11.4. The Kier molecular flexibility index (Phi) is 3.53. The predicted octanol–water partition coefficient (Wildman–Crippen LogP) is 1.30. The zero-order valence-corrected chi connectivity index (χ0v) is 9.50. The van der Waals surface area contributed by atoms with Crippen molar-refractivity contribution < 1.29 is 0 Å². The van der Waals surface area contributed by atoms with E-state index in [0.717, 1.165) is 18.5 Å². The average Bonchev–Trinajstić information content (AvgIpc) is 2.78. The minimum absolute atomic E-state index is 0.454. The molecule has 0 atom stereocenters. The Labute approximate surface area is 100 Å². The Morgan fingerprint density at radius 1 is 1.41 bits per heavy atom. The van der Waals surface area contributed by atoms with Gasteiger partial charge in [0.15, 0.2) is 0 Å². The van der Waals surface area contributed by atoms with E-state index in [1.807, 2.05) is 30.5 Å². The van der Waals surface area contributed by atoms with Gasteiger partial charge in [-0.3, -0.25) is 0 Å². The monoisotopic (exact) mass is 226 g/mol. The van der Waals surface area contributed by atoms with E-state index >= 15 is 0 Å². The van der Waals surface area contributed by atoms with Crippen LogP contribution < -0.4 is 5.73 Å². The second-order valence-electron chi connectivity index (χ2n) is 3.83. The maximum absolute atomic E-state index is 8.79. The van der Waals surface area contributed by atoms with Crippen molar-refractivity contribution in [3.63, 3.8) is 0 Å². The van der Waals surface area contributed by atoms with E-state index in [1.54, 1.807) is 6.20 Å². The molecule has 0 aliphatic carbocycles. The molecule has 86 valence electrons. The fraction of sp³-hybridized carbons (Fsp3) is 0.231. The smallest absolute Gasteiger partial charge is 0.140 e. The number of hydrogen-bond acceptors (Lipinski definition) is 3. The number of nitrogens with two attached hydrogens (primary N) is 1. The van der Waals surface area contributed by atoms with E-state index in [2.05, 4.69) is 15.6 Å². The van der Waals surface area contributed by atoms with Crippen molar-refractivity contribution in [2.75, 3.05) is 6.54 Å². The van der Waals surface area contributed by atoms with Crippen molar-refractivity contribution in [2.45, 2.75) is 13.0 Å². The number of rotatable bonds is 4. The molecule has 2 aromatic rings. The van der Waals surface area contributed by atoms with E-state index in [-0.39, 0.29) is 0 Å². The van der Waals surface area contributed by atoms with Crippen LogP contribution in [-0.2, 0) is 13.0 Å². The van der Waals surface area contributed by atoms with E-state index < -0.39 is 0 Å². The van der Waals surface area contributed by atoms with Crippen LogP contribution in [0.2, 0.25) is 0 Å². The number of nitriles is 1. The molecule has 0 amide bonds. The molecular weight excluding hydrogens is 212 g/mol. The van der Waals surface area contributed by atoms with Crippen molar-refractivity contribution in [1.29, 1.82) is 5.26 Å². The Balaban J connectivity index is 2.19. The molecular formula is C13H14N4. The fourth-order valence-electron chi connectivity index (χ4n) is 1.81. The van der Waals surface area contributed by atoms with Crippen LogP contribution in [-0.4, -0.2) is 16.1 Å². The summed E-state index contributed by atoms with van der Waals surface area (Å²) >= 11 is 0. The summed E-state index contributed by atoms with van der Waals surface area (Å²) in [6.07, 6.45) is 4.56. The summed E-state index contributed by atoms with van der Waals surface area (Å²) in [5, 5.41) is 8.79. The largest absolute Gasteiger partial charge is 0.347 e. The zero-order chi connectivity index (χ0) is 12.1. The minimum Gasteiger partial charge on any atom is -0.347 e. The van der Waals surface area contributed by atoms with Crippen LogP contribution in [0.15, 0.2) is 36.7 Å². The van der Waals surface area contributed by atoms with Gasteiger partial charge in [-0.1, -0.05) is 0 Å². The summed E-state index contributed by atoms with van der Waals surface area (Å²) in [6.45, 7) is 1.39. The normalized spacial score (nSPS) is 10.1. The zero-order valence-electron chi connectivity index (χ0n) is 9.50. The van der Waals surface area contributed by atoms with Gasteiger partial charge in [0, 0.05) is 24.6 Å². The van der Waals surface area contributed by atoms with Gasteiger partial charge in [0.1, 0.15) is 11.8 Å². The van der Waals surface area contributed by atoms with Crippen molar-refractivity contribution in [2.24, 2.45) is 5.73 Å². The first-order valence-electron chi connectivity index (χ1n) is 5.52. The lowest BCUT2D eigenvalue weighted by atomic mass is 10.2. The molecule has 2 heterocycles. The quantitative estimate of drug-likeness (QED) is 0.854. The van der Waals surface area contributed by atoms with Gasteiger partial charge < -0.3 is 10.3 Å². The predicted molar refractivity (Wildman–Crippen MR) is 65.2 cm³/mol. The summed E-state index contributed by atoms with van der Waals surface area (Å²) in [4.78, 5) is 3.96. The first-order chi connectivity index (χ1) is 8.33. The summed E-state index contributed by atoms with van der Waals surface area (Å²) in [5.41, 5.74) is 8.30. The highest BCUT2D eigenvalue weighted by atomic mass is 15.0. The Morgan fingerprint density at radius 3 is 3.06 bits per heavy atom. The highest BCUT2D eigenvalue weighted by Gasteiger charge is 2.02. The molecule has 0 aliphatic rings. The maximum Gasteiger partial charge on any atom is 0.140 e. The molecule has 0 bridgehead atoms.